The standard InChI is InChI=1S/C26H28N6OS/c33-25(21-11-12-32-18-22(27-23(32)17-21)19-7-3-1-4-8-19)30-13-15-31(16-14-30)26-29-28-24(34-26)20-9-5-2-6-10-20/h1,3-4,7-8,11-12,17-18,20H,2,5-6,9-10,13-16H2. The normalized spacial score (nSPS) is 17.4. The van der Waals surface area contributed by atoms with Gasteiger partial charge in [-0.3, -0.25) is 4.79 Å². The molecule has 0 atom stereocenters. The number of piperazine rings is 1. The quantitative estimate of drug-likeness (QED) is 0.424. The summed E-state index contributed by atoms with van der Waals surface area (Å²) in [5.41, 5.74) is 3.44. The minimum atomic E-state index is 0.0616. The van der Waals surface area contributed by atoms with Gasteiger partial charge in [-0.1, -0.05) is 60.9 Å². The third kappa shape index (κ3) is 4.18. The Kier molecular flexibility index (Phi) is 5.74. The lowest BCUT2D eigenvalue weighted by Gasteiger charge is -2.34. The van der Waals surface area contributed by atoms with Crippen molar-refractivity contribution < 1.29 is 4.79 Å². The fourth-order valence-corrected chi connectivity index (χ4v) is 6.08. The van der Waals surface area contributed by atoms with Gasteiger partial charge in [-0.2, -0.15) is 0 Å². The van der Waals surface area contributed by atoms with Crippen LogP contribution in [0.4, 0.5) is 5.13 Å². The second-order valence-electron chi connectivity index (χ2n) is 9.21. The summed E-state index contributed by atoms with van der Waals surface area (Å²) in [5.74, 6) is 0.648. The molecule has 0 radical (unpaired) electrons. The van der Waals surface area contributed by atoms with Crippen molar-refractivity contribution in [2.24, 2.45) is 0 Å². The summed E-state index contributed by atoms with van der Waals surface area (Å²) in [6.07, 6.45) is 10.4. The molecule has 0 bridgehead atoms. The molecular weight excluding hydrogens is 444 g/mol. The van der Waals surface area contributed by atoms with Gasteiger partial charge in [0, 0.05) is 55.6 Å². The zero-order chi connectivity index (χ0) is 22.9. The molecule has 1 aromatic carbocycles. The molecule has 1 amide bonds. The highest BCUT2D eigenvalue weighted by Gasteiger charge is 2.26. The lowest BCUT2D eigenvalue weighted by atomic mass is 9.90. The summed E-state index contributed by atoms with van der Waals surface area (Å²) >= 11 is 1.74. The molecule has 0 spiro atoms. The van der Waals surface area contributed by atoms with Crippen molar-refractivity contribution in [2.45, 2.75) is 38.0 Å². The van der Waals surface area contributed by atoms with Gasteiger partial charge in [-0.15, -0.1) is 10.2 Å². The summed E-state index contributed by atoms with van der Waals surface area (Å²) in [6.45, 7) is 2.95. The zero-order valence-corrected chi connectivity index (χ0v) is 20.0. The summed E-state index contributed by atoms with van der Waals surface area (Å²) in [7, 11) is 0. The molecular formula is C26H28N6OS. The van der Waals surface area contributed by atoms with Crippen molar-refractivity contribution in [1.29, 1.82) is 0 Å². The molecule has 1 aliphatic heterocycles. The molecule has 2 aliphatic rings. The second-order valence-corrected chi connectivity index (χ2v) is 10.2. The van der Waals surface area contributed by atoms with Crippen LogP contribution in [0.15, 0.2) is 54.9 Å². The fraction of sp³-hybridized carbons (Fsp3) is 0.385. The Morgan fingerprint density at radius 3 is 2.53 bits per heavy atom. The number of rotatable bonds is 4. The van der Waals surface area contributed by atoms with Crippen molar-refractivity contribution in [3.05, 3.63) is 65.4 Å². The Hall–Kier alpha value is -3.26. The summed E-state index contributed by atoms with van der Waals surface area (Å²) in [4.78, 5) is 22.2. The third-order valence-corrected chi connectivity index (χ3v) is 8.15. The highest BCUT2D eigenvalue weighted by Crippen LogP contribution is 2.36. The highest BCUT2D eigenvalue weighted by molar-refractivity contribution is 7.15. The van der Waals surface area contributed by atoms with Crippen LogP contribution >= 0.6 is 11.3 Å². The number of hydrogen-bond donors (Lipinski definition) is 0. The average Bonchev–Trinajstić information content (AvgIpc) is 3.57. The number of fused-ring (bicyclic) bond motifs is 1. The van der Waals surface area contributed by atoms with E-state index in [0.717, 1.165) is 35.1 Å². The summed E-state index contributed by atoms with van der Waals surface area (Å²) < 4.78 is 1.97. The van der Waals surface area contributed by atoms with Crippen molar-refractivity contribution in [3.8, 4) is 11.3 Å². The van der Waals surface area contributed by atoms with Gasteiger partial charge in [0.2, 0.25) is 5.13 Å². The van der Waals surface area contributed by atoms with Crippen LogP contribution in [-0.4, -0.2) is 56.6 Å². The molecule has 6 rings (SSSR count). The number of amides is 1. The van der Waals surface area contributed by atoms with Crippen molar-refractivity contribution in [3.63, 3.8) is 0 Å². The van der Waals surface area contributed by atoms with E-state index in [1.54, 1.807) is 11.3 Å². The van der Waals surface area contributed by atoms with E-state index in [1.165, 1.54) is 37.1 Å². The van der Waals surface area contributed by atoms with Crippen LogP contribution in [0.5, 0.6) is 0 Å². The second kappa shape index (κ2) is 9.18. The first-order chi connectivity index (χ1) is 16.7. The van der Waals surface area contributed by atoms with Gasteiger partial charge in [0.25, 0.3) is 5.91 Å². The van der Waals surface area contributed by atoms with Crippen molar-refractivity contribution >= 4 is 28.0 Å². The number of nitrogens with zero attached hydrogens (tertiary/aromatic N) is 6. The number of hydrogen-bond acceptors (Lipinski definition) is 6. The summed E-state index contributed by atoms with van der Waals surface area (Å²) in [6, 6.07) is 13.9. The van der Waals surface area contributed by atoms with Crippen molar-refractivity contribution in [1.82, 2.24) is 24.5 Å². The molecule has 4 heterocycles. The monoisotopic (exact) mass is 472 g/mol. The number of aromatic nitrogens is 4. The van der Waals surface area contributed by atoms with E-state index in [1.807, 2.05) is 64.2 Å². The third-order valence-electron chi connectivity index (χ3n) is 7.00. The first-order valence-electron chi connectivity index (χ1n) is 12.2. The van der Waals surface area contributed by atoms with Crippen LogP contribution in [-0.2, 0) is 0 Å². The molecule has 174 valence electrons. The first-order valence-corrected chi connectivity index (χ1v) is 13.0. The van der Waals surface area contributed by atoms with Crippen LogP contribution in [0.3, 0.4) is 0 Å². The van der Waals surface area contributed by atoms with Gasteiger partial charge in [0.15, 0.2) is 0 Å². The van der Waals surface area contributed by atoms with Gasteiger partial charge in [0.1, 0.15) is 10.7 Å². The van der Waals surface area contributed by atoms with Gasteiger partial charge in [-0.05, 0) is 25.0 Å². The molecule has 2 fully saturated rings. The lowest BCUT2D eigenvalue weighted by molar-refractivity contribution is 0.0746. The van der Waals surface area contributed by atoms with E-state index in [0.29, 0.717) is 24.6 Å². The maximum atomic E-state index is 13.2. The molecule has 7 nitrogen and oxygen atoms in total. The highest BCUT2D eigenvalue weighted by atomic mass is 32.1. The maximum Gasteiger partial charge on any atom is 0.254 e. The molecule has 1 aliphatic carbocycles. The van der Waals surface area contributed by atoms with Crippen LogP contribution in [0.1, 0.15) is 53.4 Å². The molecule has 1 saturated heterocycles. The Labute approximate surface area is 203 Å². The molecule has 34 heavy (non-hydrogen) atoms. The zero-order valence-electron chi connectivity index (χ0n) is 19.1. The van der Waals surface area contributed by atoms with E-state index in [4.69, 9.17) is 4.98 Å². The fourth-order valence-electron chi connectivity index (χ4n) is 5.02. The largest absolute Gasteiger partial charge is 0.343 e. The van der Waals surface area contributed by atoms with E-state index in [9.17, 15) is 4.79 Å². The number of carbonyl (C=O) groups excluding carboxylic acids is 1. The molecule has 1 saturated carbocycles. The Bertz CT molecular complexity index is 1290. The van der Waals surface area contributed by atoms with Crippen LogP contribution in [0.2, 0.25) is 0 Å². The van der Waals surface area contributed by atoms with Gasteiger partial charge in [0.05, 0.1) is 5.69 Å². The molecule has 8 heteroatoms. The average molecular weight is 473 g/mol. The Morgan fingerprint density at radius 2 is 1.74 bits per heavy atom. The smallest absolute Gasteiger partial charge is 0.254 e. The van der Waals surface area contributed by atoms with E-state index in [-0.39, 0.29) is 5.91 Å². The number of carbonyl (C=O) groups is 1. The number of pyridine rings is 1. The van der Waals surface area contributed by atoms with Gasteiger partial charge >= 0.3 is 0 Å². The van der Waals surface area contributed by atoms with Crippen LogP contribution in [0, 0.1) is 0 Å². The topological polar surface area (TPSA) is 66.6 Å². The number of anilines is 1. The predicted octanol–water partition coefficient (Wildman–Crippen LogP) is 4.86. The number of imidazole rings is 1. The maximum absolute atomic E-state index is 13.2. The van der Waals surface area contributed by atoms with E-state index >= 15 is 0 Å². The number of benzene rings is 1. The van der Waals surface area contributed by atoms with Gasteiger partial charge < -0.3 is 14.2 Å². The Balaban J connectivity index is 1.12. The molecule has 3 aromatic heterocycles. The van der Waals surface area contributed by atoms with Crippen molar-refractivity contribution in [2.75, 3.05) is 31.1 Å². The molecule has 0 unspecified atom stereocenters. The minimum absolute atomic E-state index is 0.0616. The Morgan fingerprint density at radius 1 is 0.941 bits per heavy atom. The lowest BCUT2D eigenvalue weighted by Crippen LogP contribution is -2.48. The minimum Gasteiger partial charge on any atom is -0.343 e. The van der Waals surface area contributed by atoms with E-state index in [2.05, 4.69) is 15.1 Å². The van der Waals surface area contributed by atoms with Crippen LogP contribution in [0.25, 0.3) is 16.9 Å². The predicted molar refractivity (Wildman–Crippen MR) is 134 cm³/mol. The SMILES string of the molecule is O=C(c1ccn2cc(-c3ccccc3)nc2c1)N1CCN(c2nnc(C3CCCCC3)s2)CC1. The molecule has 0 N–H and O–H groups in total. The first kappa shape index (κ1) is 21.3. The summed E-state index contributed by atoms with van der Waals surface area (Å²) in [5, 5.41) is 11.2. The van der Waals surface area contributed by atoms with Gasteiger partial charge in [-0.25, -0.2) is 4.98 Å². The van der Waals surface area contributed by atoms with Crippen LogP contribution < -0.4 is 4.90 Å². The van der Waals surface area contributed by atoms with E-state index < -0.39 is 0 Å². The molecule has 4 aromatic rings.